The van der Waals surface area contributed by atoms with Crippen LogP contribution in [0.25, 0.3) is 0 Å². The minimum atomic E-state index is -0.642. The normalized spacial score (nSPS) is 25.5. The van der Waals surface area contributed by atoms with E-state index in [4.69, 9.17) is 4.74 Å². The van der Waals surface area contributed by atoms with Crippen molar-refractivity contribution in [1.29, 1.82) is 0 Å². The highest BCUT2D eigenvalue weighted by Crippen LogP contribution is 2.40. The van der Waals surface area contributed by atoms with E-state index in [9.17, 15) is 19.5 Å². The molecule has 1 aromatic rings. The molecule has 3 aliphatic heterocycles. The molecule has 0 spiro atoms. The van der Waals surface area contributed by atoms with Crippen molar-refractivity contribution in [3.63, 3.8) is 0 Å². The number of carbonyl (C=O) groups excluding carboxylic acids is 3. The van der Waals surface area contributed by atoms with Gasteiger partial charge in [0.2, 0.25) is 11.8 Å². The summed E-state index contributed by atoms with van der Waals surface area (Å²) in [6.45, 7) is 0.555. The molecule has 3 N–H and O–H groups in total. The Hall–Kier alpha value is -2.61. The van der Waals surface area contributed by atoms with Gasteiger partial charge in [0, 0.05) is 24.1 Å². The Morgan fingerprint density at radius 3 is 2.88 bits per heavy atom. The Kier molecular flexibility index (Phi) is 3.42. The Bertz CT molecular complexity index is 747. The number of aliphatic hydroxyl groups excluding tert-OH is 1. The second-order valence-electron chi connectivity index (χ2n) is 6.20. The van der Waals surface area contributed by atoms with Crippen molar-refractivity contribution in [1.82, 2.24) is 10.2 Å². The zero-order valence-electron chi connectivity index (χ0n) is 12.9. The van der Waals surface area contributed by atoms with E-state index in [0.29, 0.717) is 30.0 Å². The highest BCUT2D eigenvalue weighted by Gasteiger charge is 2.41. The van der Waals surface area contributed by atoms with E-state index in [1.807, 2.05) is 0 Å². The van der Waals surface area contributed by atoms with Crippen LogP contribution in [0, 0.1) is 0 Å². The van der Waals surface area contributed by atoms with Gasteiger partial charge in [-0.05, 0) is 18.6 Å². The van der Waals surface area contributed by atoms with E-state index in [1.54, 1.807) is 12.1 Å². The molecule has 126 valence electrons. The minimum Gasteiger partial charge on any atom is -0.489 e. The first-order valence-electron chi connectivity index (χ1n) is 7.89. The molecule has 0 radical (unpaired) electrons. The Labute approximate surface area is 137 Å². The number of piperidine rings is 1. The van der Waals surface area contributed by atoms with Gasteiger partial charge in [0.15, 0.2) is 0 Å². The largest absolute Gasteiger partial charge is 0.489 e. The molecule has 0 aliphatic carbocycles. The maximum Gasteiger partial charge on any atom is 0.255 e. The molecule has 2 unspecified atom stereocenters. The lowest BCUT2D eigenvalue weighted by Gasteiger charge is -2.30. The van der Waals surface area contributed by atoms with Gasteiger partial charge in [-0.15, -0.1) is 0 Å². The summed E-state index contributed by atoms with van der Waals surface area (Å²) in [7, 11) is 0. The minimum absolute atomic E-state index is 0.0755. The van der Waals surface area contributed by atoms with E-state index in [-0.39, 0.29) is 37.4 Å². The van der Waals surface area contributed by atoms with Crippen molar-refractivity contribution in [2.45, 2.75) is 31.5 Å². The van der Waals surface area contributed by atoms with Crippen LogP contribution < -0.4 is 15.4 Å². The molecule has 0 saturated carbocycles. The van der Waals surface area contributed by atoms with Crippen molar-refractivity contribution in [3.8, 4) is 5.75 Å². The standard InChI is InChI=1S/C16H17N3O5/c20-6-8-7-24-12-3-1-9-10(14(12)17-8)5-19(16(9)23)11-2-4-13(21)18-15(11)22/h1,3,8,11,17,20H,2,4-7H2,(H,18,21,22). The molecule has 8 heteroatoms. The quantitative estimate of drug-likeness (QED) is 0.637. The topological polar surface area (TPSA) is 108 Å². The summed E-state index contributed by atoms with van der Waals surface area (Å²) in [6, 6.07) is 2.55. The fraction of sp³-hybridized carbons (Fsp3) is 0.438. The van der Waals surface area contributed by atoms with E-state index in [0.717, 1.165) is 5.56 Å². The summed E-state index contributed by atoms with van der Waals surface area (Å²) in [6.07, 6.45) is 0.554. The summed E-state index contributed by atoms with van der Waals surface area (Å²) in [5.74, 6) is -0.330. The lowest BCUT2D eigenvalue weighted by molar-refractivity contribution is -0.136. The van der Waals surface area contributed by atoms with Crippen LogP contribution in [0.4, 0.5) is 5.69 Å². The second-order valence-corrected chi connectivity index (χ2v) is 6.20. The van der Waals surface area contributed by atoms with Crippen LogP contribution in [-0.4, -0.2) is 53.0 Å². The van der Waals surface area contributed by atoms with Gasteiger partial charge in [0.1, 0.15) is 18.4 Å². The van der Waals surface area contributed by atoms with E-state index in [1.165, 1.54) is 4.90 Å². The number of nitrogens with one attached hydrogen (secondary N) is 2. The van der Waals surface area contributed by atoms with Gasteiger partial charge in [-0.25, -0.2) is 0 Å². The monoisotopic (exact) mass is 331 g/mol. The summed E-state index contributed by atoms with van der Waals surface area (Å²) >= 11 is 0. The average Bonchev–Trinajstić information content (AvgIpc) is 2.91. The summed E-state index contributed by atoms with van der Waals surface area (Å²) in [4.78, 5) is 37.6. The number of nitrogens with zero attached hydrogens (tertiary/aromatic N) is 1. The molecular formula is C16H17N3O5. The van der Waals surface area contributed by atoms with Crippen LogP contribution >= 0.6 is 0 Å². The Morgan fingerprint density at radius 2 is 2.12 bits per heavy atom. The Morgan fingerprint density at radius 1 is 1.29 bits per heavy atom. The summed E-state index contributed by atoms with van der Waals surface area (Å²) in [5, 5.41) is 14.8. The third-order valence-electron chi connectivity index (χ3n) is 4.69. The first-order chi connectivity index (χ1) is 11.6. The van der Waals surface area contributed by atoms with Crippen LogP contribution in [0.3, 0.4) is 0 Å². The molecule has 1 saturated heterocycles. The predicted molar refractivity (Wildman–Crippen MR) is 82.5 cm³/mol. The molecule has 8 nitrogen and oxygen atoms in total. The highest BCUT2D eigenvalue weighted by molar-refractivity contribution is 6.06. The second kappa shape index (κ2) is 5.48. The smallest absolute Gasteiger partial charge is 0.255 e. The number of carbonyl (C=O) groups is 3. The molecule has 1 aromatic carbocycles. The zero-order chi connectivity index (χ0) is 16.8. The van der Waals surface area contributed by atoms with Gasteiger partial charge >= 0.3 is 0 Å². The average molecular weight is 331 g/mol. The molecular weight excluding hydrogens is 314 g/mol. The van der Waals surface area contributed by atoms with Crippen molar-refractivity contribution < 1.29 is 24.2 Å². The lowest BCUT2D eigenvalue weighted by atomic mass is 10.0. The van der Waals surface area contributed by atoms with Gasteiger partial charge in [-0.1, -0.05) is 0 Å². The molecule has 2 atom stereocenters. The molecule has 24 heavy (non-hydrogen) atoms. The van der Waals surface area contributed by atoms with Crippen LogP contribution in [0.15, 0.2) is 12.1 Å². The van der Waals surface area contributed by atoms with Gasteiger partial charge in [-0.3, -0.25) is 19.7 Å². The summed E-state index contributed by atoms with van der Waals surface area (Å²) < 4.78 is 5.63. The molecule has 1 fully saturated rings. The fourth-order valence-corrected chi connectivity index (χ4v) is 3.43. The fourth-order valence-electron chi connectivity index (χ4n) is 3.43. The van der Waals surface area contributed by atoms with Crippen LogP contribution in [-0.2, 0) is 16.1 Å². The number of hydrogen-bond acceptors (Lipinski definition) is 6. The number of anilines is 1. The number of hydrogen-bond donors (Lipinski definition) is 3. The Balaban J connectivity index is 1.65. The van der Waals surface area contributed by atoms with Crippen LogP contribution in [0.2, 0.25) is 0 Å². The first kappa shape index (κ1) is 14.9. The van der Waals surface area contributed by atoms with E-state index < -0.39 is 11.9 Å². The van der Waals surface area contributed by atoms with Gasteiger partial charge < -0.3 is 20.1 Å². The zero-order valence-corrected chi connectivity index (χ0v) is 12.9. The molecule has 3 amide bonds. The molecule has 3 heterocycles. The van der Waals surface area contributed by atoms with Gasteiger partial charge in [0.25, 0.3) is 5.91 Å². The van der Waals surface area contributed by atoms with Crippen molar-refractivity contribution in [2.75, 3.05) is 18.5 Å². The third kappa shape index (κ3) is 2.22. The van der Waals surface area contributed by atoms with Crippen molar-refractivity contribution in [2.24, 2.45) is 0 Å². The number of rotatable bonds is 2. The number of ether oxygens (including phenoxy) is 1. The van der Waals surface area contributed by atoms with E-state index in [2.05, 4.69) is 10.6 Å². The van der Waals surface area contributed by atoms with Gasteiger partial charge in [-0.2, -0.15) is 0 Å². The highest BCUT2D eigenvalue weighted by atomic mass is 16.5. The van der Waals surface area contributed by atoms with Crippen LogP contribution in [0.1, 0.15) is 28.8 Å². The van der Waals surface area contributed by atoms with Crippen molar-refractivity contribution in [3.05, 3.63) is 23.3 Å². The SMILES string of the molecule is O=C1CCC(N2Cc3c(ccc4c3NC(CO)CO4)C2=O)C(=O)N1. The number of aliphatic hydroxyl groups is 1. The molecule has 0 aromatic heterocycles. The van der Waals surface area contributed by atoms with Gasteiger partial charge in [0.05, 0.1) is 18.3 Å². The van der Waals surface area contributed by atoms with Crippen LogP contribution in [0.5, 0.6) is 5.75 Å². The first-order valence-corrected chi connectivity index (χ1v) is 7.89. The maximum absolute atomic E-state index is 12.7. The number of amides is 3. The molecule has 0 bridgehead atoms. The maximum atomic E-state index is 12.7. The predicted octanol–water partition coefficient (Wildman–Crippen LogP) is -0.387. The lowest BCUT2D eigenvalue weighted by Crippen LogP contribution is -2.52. The molecule has 4 rings (SSSR count). The molecule has 3 aliphatic rings. The number of fused-ring (bicyclic) bond motifs is 3. The number of imide groups is 1. The van der Waals surface area contributed by atoms with E-state index >= 15 is 0 Å². The summed E-state index contributed by atoms with van der Waals surface area (Å²) in [5.41, 5.74) is 1.98. The third-order valence-corrected chi connectivity index (χ3v) is 4.69. The van der Waals surface area contributed by atoms with Crippen molar-refractivity contribution >= 4 is 23.4 Å². The number of benzene rings is 1.